The second kappa shape index (κ2) is 10.4. The van der Waals surface area contributed by atoms with Crippen LogP contribution < -0.4 is 4.90 Å². The smallest absolute Gasteiger partial charge is 0.226 e. The van der Waals surface area contributed by atoms with Gasteiger partial charge in [-0.15, -0.1) is 0 Å². The van der Waals surface area contributed by atoms with Crippen molar-refractivity contribution in [2.75, 3.05) is 31.1 Å². The largest absolute Gasteiger partial charge is 0.352 e. The van der Waals surface area contributed by atoms with Gasteiger partial charge in [-0.05, 0) is 54.7 Å². The molecule has 7 rings (SSSR count). The molecule has 0 spiro atoms. The fourth-order valence-corrected chi connectivity index (χ4v) is 5.96. The highest BCUT2D eigenvalue weighted by Crippen LogP contribution is 2.48. The van der Waals surface area contributed by atoms with Crippen molar-refractivity contribution in [1.82, 2.24) is 24.6 Å². The standard InChI is InChI=1S/C33H31FN6O/c1-22-30-31(38-16-18-39(19-17-38)33(41)28-21-27(28)24-10-6-3-7-11-24)35-29(20-23-8-4-2-5-9-23)36-32(30)40(37-22)26-14-12-25(34)13-15-26/h2-15,27-28H,16-21H2,1H3/t27-,28+/m0/s1. The number of halogens is 1. The summed E-state index contributed by atoms with van der Waals surface area (Å²) in [5.41, 5.74) is 4.63. The minimum atomic E-state index is -0.296. The monoisotopic (exact) mass is 546 g/mol. The summed E-state index contributed by atoms with van der Waals surface area (Å²) in [5, 5.41) is 5.69. The molecule has 0 unspecified atom stereocenters. The number of anilines is 1. The molecule has 0 radical (unpaired) electrons. The third-order valence-electron chi connectivity index (χ3n) is 8.23. The van der Waals surface area contributed by atoms with E-state index in [0.29, 0.717) is 50.0 Å². The second-order valence-electron chi connectivity index (χ2n) is 11.0. The summed E-state index contributed by atoms with van der Waals surface area (Å²) in [6.07, 6.45) is 1.51. The first-order valence-corrected chi connectivity index (χ1v) is 14.2. The molecule has 1 aliphatic heterocycles. The molecule has 7 nitrogen and oxygen atoms in total. The van der Waals surface area contributed by atoms with Crippen LogP contribution >= 0.6 is 0 Å². The van der Waals surface area contributed by atoms with Crippen LogP contribution in [0.5, 0.6) is 0 Å². The van der Waals surface area contributed by atoms with Gasteiger partial charge in [-0.3, -0.25) is 4.79 Å². The highest BCUT2D eigenvalue weighted by molar-refractivity contribution is 5.91. The molecule has 0 bridgehead atoms. The van der Waals surface area contributed by atoms with E-state index in [2.05, 4.69) is 29.2 Å². The molecule has 3 heterocycles. The molecule has 3 aromatic carbocycles. The van der Waals surface area contributed by atoms with Crippen LogP contribution in [0, 0.1) is 18.7 Å². The summed E-state index contributed by atoms with van der Waals surface area (Å²) in [4.78, 5) is 27.6. The van der Waals surface area contributed by atoms with E-state index in [1.807, 2.05) is 48.2 Å². The second-order valence-corrected chi connectivity index (χ2v) is 11.0. The van der Waals surface area contributed by atoms with Crippen LogP contribution in [0.4, 0.5) is 10.2 Å². The van der Waals surface area contributed by atoms with Gasteiger partial charge in [0.2, 0.25) is 5.91 Å². The predicted octanol–water partition coefficient (Wildman–Crippen LogP) is 5.31. The number of carbonyl (C=O) groups excluding carboxylic acids is 1. The van der Waals surface area contributed by atoms with E-state index in [1.54, 1.807) is 16.8 Å². The van der Waals surface area contributed by atoms with Gasteiger partial charge in [0.1, 0.15) is 17.5 Å². The Morgan fingerprint density at radius 3 is 2.27 bits per heavy atom. The maximum atomic E-state index is 13.7. The number of rotatable bonds is 6. The first kappa shape index (κ1) is 25.4. The van der Waals surface area contributed by atoms with Gasteiger partial charge in [-0.25, -0.2) is 19.0 Å². The number of carbonyl (C=O) groups is 1. The van der Waals surface area contributed by atoms with E-state index >= 15 is 0 Å². The van der Waals surface area contributed by atoms with Crippen LogP contribution in [0.2, 0.25) is 0 Å². The van der Waals surface area contributed by atoms with E-state index in [1.165, 1.54) is 17.7 Å². The van der Waals surface area contributed by atoms with Crippen molar-refractivity contribution in [3.8, 4) is 5.69 Å². The third kappa shape index (κ3) is 4.94. The SMILES string of the molecule is Cc1nn(-c2ccc(F)cc2)c2nc(Cc3ccccc3)nc(N3CCN(C(=O)[C@@H]4C[C@H]4c4ccccc4)CC3)c12. The molecule has 2 fully saturated rings. The third-order valence-corrected chi connectivity index (χ3v) is 8.23. The van der Waals surface area contributed by atoms with Gasteiger partial charge in [0.15, 0.2) is 5.65 Å². The van der Waals surface area contributed by atoms with Gasteiger partial charge in [-0.1, -0.05) is 60.7 Å². The van der Waals surface area contributed by atoms with Crippen LogP contribution in [0.3, 0.4) is 0 Å². The molecule has 2 aromatic heterocycles. The summed E-state index contributed by atoms with van der Waals surface area (Å²) in [6.45, 7) is 4.64. The number of nitrogens with zero attached hydrogens (tertiary/aromatic N) is 6. The number of hydrogen-bond acceptors (Lipinski definition) is 5. The maximum Gasteiger partial charge on any atom is 0.226 e. The number of fused-ring (bicyclic) bond motifs is 1. The molecule has 2 aliphatic rings. The summed E-state index contributed by atoms with van der Waals surface area (Å²) < 4.78 is 15.5. The zero-order valence-electron chi connectivity index (χ0n) is 22.9. The number of amides is 1. The molecular weight excluding hydrogens is 515 g/mol. The lowest BCUT2D eigenvalue weighted by atomic mass is 10.1. The molecule has 206 valence electrons. The average Bonchev–Trinajstić information content (AvgIpc) is 3.75. The van der Waals surface area contributed by atoms with Gasteiger partial charge in [0, 0.05) is 38.5 Å². The highest BCUT2D eigenvalue weighted by Gasteiger charge is 2.46. The van der Waals surface area contributed by atoms with Crippen LogP contribution in [0.25, 0.3) is 16.7 Å². The molecular formula is C33H31FN6O. The number of piperazine rings is 1. The molecule has 1 saturated heterocycles. The zero-order valence-corrected chi connectivity index (χ0v) is 22.9. The lowest BCUT2D eigenvalue weighted by Crippen LogP contribution is -2.49. The Balaban J connectivity index is 1.18. The van der Waals surface area contributed by atoms with E-state index in [9.17, 15) is 9.18 Å². The first-order chi connectivity index (χ1) is 20.0. The Labute approximate surface area is 238 Å². The summed E-state index contributed by atoms with van der Waals surface area (Å²) in [7, 11) is 0. The van der Waals surface area contributed by atoms with Gasteiger partial charge < -0.3 is 9.80 Å². The Morgan fingerprint density at radius 2 is 1.56 bits per heavy atom. The molecule has 2 atom stereocenters. The topological polar surface area (TPSA) is 67.2 Å². The average molecular weight is 547 g/mol. The lowest BCUT2D eigenvalue weighted by Gasteiger charge is -2.36. The van der Waals surface area contributed by atoms with E-state index in [4.69, 9.17) is 15.1 Å². The van der Waals surface area contributed by atoms with Crippen LogP contribution in [-0.4, -0.2) is 56.7 Å². The molecule has 5 aromatic rings. The van der Waals surface area contributed by atoms with Crippen LogP contribution in [0.15, 0.2) is 84.9 Å². The number of aromatic nitrogens is 4. The van der Waals surface area contributed by atoms with Gasteiger partial charge in [0.05, 0.1) is 16.8 Å². The molecule has 1 aliphatic carbocycles. The Hall–Kier alpha value is -4.59. The van der Waals surface area contributed by atoms with Crippen molar-refractivity contribution in [2.45, 2.75) is 25.7 Å². The maximum absolute atomic E-state index is 13.7. The fraction of sp³-hybridized carbons (Fsp3) is 0.273. The molecule has 8 heteroatoms. The van der Waals surface area contributed by atoms with Crippen molar-refractivity contribution in [3.05, 3.63) is 113 Å². The Bertz CT molecular complexity index is 1700. The predicted molar refractivity (Wildman–Crippen MR) is 157 cm³/mol. The van der Waals surface area contributed by atoms with Crippen molar-refractivity contribution in [3.63, 3.8) is 0 Å². The molecule has 0 N–H and O–H groups in total. The number of hydrogen-bond donors (Lipinski definition) is 0. The van der Waals surface area contributed by atoms with E-state index in [-0.39, 0.29) is 17.6 Å². The molecule has 1 amide bonds. The van der Waals surface area contributed by atoms with Crippen molar-refractivity contribution < 1.29 is 9.18 Å². The van der Waals surface area contributed by atoms with Gasteiger partial charge in [0.25, 0.3) is 0 Å². The molecule has 1 saturated carbocycles. The first-order valence-electron chi connectivity index (χ1n) is 14.2. The fourth-order valence-electron chi connectivity index (χ4n) is 5.96. The van der Waals surface area contributed by atoms with Gasteiger partial charge in [-0.2, -0.15) is 5.10 Å². The van der Waals surface area contributed by atoms with Crippen molar-refractivity contribution in [1.29, 1.82) is 0 Å². The van der Waals surface area contributed by atoms with Crippen molar-refractivity contribution >= 4 is 22.8 Å². The summed E-state index contributed by atoms with van der Waals surface area (Å²) >= 11 is 0. The van der Waals surface area contributed by atoms with Crippen LogP contribution in [-0.2, 0) is 11.2 Å². The summed E-state index contributed by atoms with van der Waals surface area (Å²) in [5.74, 6) is 1.93. The van der Waals surface area contributed by atoms with Crippen molar-refractivity contribution in [2.24, 2.45) is 5.92 Å². The van der Waals surface area contributed by atoms with Gasteiger partial charge >= 0.3 is 0 Å². The minimum Gasteiger partial charge on any atom is -0.352 e. The van der Waals surface area contributed by atoms with E-state index in [0.717, 1.165) is 34.6 Å². The number of benzene rings is 3. The normalized spacial score (nSPS) is 18.6. The minimum absolute atomic E-state index is 0.0865. The summed E-state index contributed by atoms with van der Waals surface area (Å²) in [6, 6.07) is 26.8. The Kier molecular flexibility index (Phi) is 6.46. The molecule has 41 heavy (non-hydrogen) atoms. The quantitative estimate of drug-likeness (QED) is 0.289. The highest BCUT2D eigenvalue weighted by atomic mass is 19.1. The lowest BCUT2D eigenvalue weighted by molar-refractivity contribution is -0.133. The van der Waals surface area contributed by atoms with Crippen LogP contribution in [0.1, 0.15) is 35.0 Å². The zero-order chi connectivity index (χ0) is 27.9. The van der Waals surface area contributed by atoms with E-state index < -0.39 is 0 Å². The number of aryl methyl sites for hydroxylation is 1. The Morgan fingerprint density at radius 1 is 0.878 bits per heavy atom.